The Labute approximate surface area is 176 Å². The van der Waals surface area contributed by atoms with Crippen molar-refractivity contribution >= 4 is 46.9 Å². The lowest BCUT2D eigenvalue weighted by atomic mass is 10.1. The van der Waals surface area contributed by atoms with Gasteiger partial charge in [-0.25, -0.2) is 0 Å². The lowest BCUT2D eigenvalue weighted by molar-refractivity contribution is -0.138. The van der Waals surface area contributed by atoms with Gasteiger partial charge in [0.1, 0.15) is 0 Å². The highest BCUT2D eigenvalue weighted by molar-refractivity contribution is 7.99. The van der Waals surface area contributed by atoms with Crippen LogP contribution in [0.1, 0.15) is 32.0 Å². The van der Waals surface area contributed by atoms with Crippen LogP contribution in [-0.4, -0.2) is 21.8 Å². The Morgan fingerprint density at radius 3 is 2.43 bits per heavy atom. The van der Waals surface area contributed by atoms with E-state index in [0.29, 0.717) is 15.0 Å². The zero-order valence-electron chi connectivity index (χ0n) is 15.3. The molecule has 0 aliphatic heterocycles. The van der Waals surface area contributed by atoms with E-state index >= 15 is 0 Å². The largest absolute Gasteiger partial charge is 0.417 e. The molecular weight excluding hydrogens is 429 g/mol. The number of halogens is 4. The average Bonchev–Trinajstić information content (AvgIpc) is 2.55. The van der Waals surface area contributed by atoms with Gasteiger partial charge < -0.3 is 5.32 Å². The van der Waals surface area contributed by atoms with Crippen LogP contribution in [0.5, 0.6) is 0 Å². The topological polar surface area (TPSA) is 49.3 Å². The summed E-state index contributed by atoms with van der Waals surface area (Å²) in [5.41, 5.74) is 1.83. The van der Waals surface area contributed by atoms with E-state index in [1.807, 2.05) is 20.8 Å². The number of alkyl halides is 3. The van der Waals surface area contributed by atoms with Crippen LogP contribution in [0, 0.1) is 0 Å². The second-order valence-corrected chi connectivity index (χ2v) is 8.70. The first kappa shape index (κ1) is 22.4. The summed E-state index contributed by atoms with van der Waals surface area (Å²) in [5.74, 6) is 0. The van der Waals surface area contributed by atoms with Crippen molar-refractivity contribution in [3.63, 3.8) is 0 Å². The van der Waals surface area contributed by atoms with E-state index in [2.05, 4.69) is 20.8 Å². The Kier molecular flexibility index (Phi) is 7.30. The molecule has 0 bridgehead atoms. The lowest BCUT2D eigenvalue weighted by Gasteiger charge is -2.21. The molecule has 150 valence electrons. The summed E-state index contributed by atoms with van der Waals surface area (Å²) in [7, 11) is 0. The Morgan fingerprint density at radius 1 is 1.21 bits per heavy atom. The van der Waals surface area contributed by atoms with Gasteiger partial charge in [0.15, 0.2) is 5.11 Å². The van der Waals surface area contributed by atoms with E-state index in [9.17, 15) is 13.2 Å². The molecule has 0 aliphatic rings. The van der Waals surface area contributed by atoms with Gasteiger partial charge in [0, 0.05) is 26.5 Å². The van der Waals surface area contributed by atoms with Crippen LogP contribution in [0.4, 0.5) is 13.2 Å². The number of hydrazone groups is 1. The van der Waals surface area contributed by atoms with Gasteiger partial charge in [-0.05, 0) is 63.3 Å². The first-order valence-corrected chi connectivity index (χ1v) is 9.66. The van der Waals surface area contributed by atoms with Gasteiger partial charge >= 0.3 is 6.18 Å². The van der Waals surface area contributed by atoms with Crippen molar-refractivity contribution in [1.29, 1.82) is 0 Å². The van der Waals surface area contributed by atoms with Crippen LogP contribution in [0.3, 0.4) is 0 Å². The zero-order chi connectivity index (χ0) is 20.9. The van der Waals surface area contributed by atoms with Crippen molar-refractivity contribution in [2.24, 2.45) is 5.10 Å². The molecule has 1 aromatic heterocycles. The molecule has 0 aliphatic carbocycles. The molecule has 0 radical (unpaired) electrons. The number of benzene rings is 1. The fourth-order valence-electron chi connectivity index (χ4n) is 1.94. The molecule has 4 nitrogen and oxygen atoms in total. The molecule has 2 rings (SSSR count). The van der Waals surface area contributed by atoms with Crippen LogP contribution in [0.25, 0.3) is 0 Å². The smallest absolute Gasteiger partial charge is 0.357 e. The highest BCUT2D eigenvalue weighted by Crippen LogP contribution is 2.35. The maximum absolute atomic E-state index is 13.1. The van der Waals surface area contributed by atoms with Crippen molar-refractivity contribution in [3.05, 3.63) is 52.8 Å². The maximum Gasteiger partial charge on any atom is 0.417 e. The van der Waals surface area contributed by atoms with Gasteiger partial charge in [0.2, 0.25) is 0 Å². The molecule has 0 fully saturated rings. The number of hydrogen-bond donors (Lipinski definition) is 2. The molecule has 2 aromatic rings. The molecule has 10 heteroatoms. The molecule has 0 amide bonds. The quantitative estimate of drug-likeness (QED) is 0.369. The molecule has 0 unspecified atom stereocenters. The Bertz CT molecular complexity index is 863. The normalized spacial score (nSPS) is 12.2. The number of nitrogens with zero attached hydrogens (tertiary/aromatic N) is 2. The third-order valence-electron chi connectivity index (χ3n) is 3.09. The van der Waals surface area contributed by atoms with E-state index in [4.69, 9.17) is 23.8 Å². The third-order valence-corrected chi connectivity index (χ3v) is 4.59. The van der Waals surface area contributed by atoms with Gasteiger partial charge in [-0.3, -0.25) is 10.4 Å². The SMILES string of the molecule is CC(C)(C)NC(=S)N/N=C/c1ncc(C(F)(F)F)cc1Sc1ccc(Cl)cc1. The highest BCUT2D eigenvalue weighted by atomic mass is 35.5. The fourth-order valence-corrected chi connectivity index (χ4v) is 3.35. The van der Waals surface area contributed by atoms with Crippen molar-refractivity contribution in [3.8, 4) is 0 Å². The van der Waals surface area contributed by atoms with Gasteiger partial charge in [-0.15, -0.1) is 0 Å². The maximum atomic E-state index is 13.1. The summed E-state index contributed by atoms with van der Waals surface area (Å²) in [6.07, 6.45) is -2.39. The second kappa shape index (κ2) is 9.11. The summed E-state index contributed by atoms with van der Waals surface area (Å²) in [4.78, 5) is 4.93. The summed E-state index contributed by atoms with van der Waals surface area (Å²) in [6, 6.07) is 7.80. The van der Waals surface area contributed by atoms with E-state index < -0.39 is 11.7 Å². The monoisotopic (exact) mass is 446 g/mol. The lowest BCUT2D eigenvalue weighted by Crippen LogP contribution is -2.44. The van der Waals surface area contributed by atoms with Gasteiger partial charge in [-0.2, -0.15) is 18.3 Å². The number of pyridine rings is 1. The Morgan fingerprint density at radius 2 is 1.86 bits per heavy atom. The van der Waals surface area contributed by atoms with Crippen LogP contribution in [0.2, 0.25) is 5.02 Å². The number of rotatable bonds is 4. The summed E-state index contributed by atoms with van der Waals surface area (Å²) < 4.78 is 39.2. The van der Waals surface area contributed by atoms with Gasteiger partial charge in [0.25, 0.3) is 0 Å². The van der Waals surface area contributed by atoms with E-state index in [1.165, 1.54) is 6.21 Å². The average molecular weight is 447 g/mol. The predicted molar refractivity (Wildman–Crippen MR) is 111 cm³/mol. The second-order valence-electron chi connectivity index (χ2n) is 6.74. The minimum atomic E-state index is -4.49. The summed E-state index contributed by atoms with van der Waals surface area (Å²) in [6.45, 7) is 5.80. The van der Waals surface area contributed by atoms with Crippen molar-refractivity contribution < 1.29 is 13.2 Å². The minimum Gasteiger partial charge on any atom is -0.357 e. The molecular formula is C18H18ClF3N4S2. The summed E-state index contributed by atoms with van der Waals surface area (Å²) >= 11 is 12.1. The molecule has 0 saturated carbocycles. The number of nitrogens with one attached hydrogen (secondary N) is 2. The number of thiocarbonyl (C=S) groups is 1. The third kappa shape index (κ3) is 7.29. The fraction of sp³-hybridized carbons (Fsp3) is 0.278. The first-order chi connectivity index (χ1) is 12.9. The standard InChI is InChI=1S/C18H18ClF3N4S2/c1-17(2,3)25-16(27)26-24-10-14-15(8-11(9-23-14)18(20,21)22)28-13-6-4-12(19)5-7-13/h4-10H,1-3H3,(H2,25,26,27)/b24-10+. The highest BCUT2D eigenvalue weighted by Gasteiger charge is 2.31. The number of hydrogen-bond acceptors (Lipinski definition) is 4. The van der Waals surface area contributed by atoms with Crippen molar-refractivity contribution in [1.82, 2.24) is 15.7 Å². The van der Waals surface area contributed by atoms with Crippen LogP contribution >= 0.6 is 35.6 Å². The molecule has 0 saturated heterocycles. The van der Waals surface area contributed by atoms with Crippen LogP contribution < -0.4 is 10.7 Å². The van der Waals surface area contributed by atoms with E-state index in [-0.39, 0.29) is 11.2 Å². The Hall–Kier alpha value is -1.84. The zero-order valence-corrected chi connectivity index (χ0v) is 17.7. The van der Waals surface area contributed by atoms with Crippen molar-refractivity contribution in [2.75, 3.05) is 0 Å². The predicted octanol–water partition coefficient (Wildman–Crippen LogP) is 5.50. The molecule has 1 aromatic carbocycles. The Balaban J connectivity index is 2.25. The molecule has 1 heterocycles. The van der Waals surface area contributed by atoms with Crippen LogP contribution in [-0.2, 0) is 6.18 Å². The van der Waals surface area contributed by atoms with E-state index in [1.54, 1.807) is 24.3 Å². The summed E-state index contributed by atoms with van der Waals surface area (Å²) in [5, 5.41) is 7.82. The molecule has 0 atom stereocenters. The molecule has 28 heavy (non-hydrogen) atoms. The number of aromatic nitrogens is 1. The van der Waals surface area contributed by atoms with Gasteiger partial charge in [-0.1, -0.05) is 23.4 Å². The molecule has 0 spiro atoms. The van der Waals surface area contributed by atoms with Crippen molar-refractivity contribution in [2.45, 2.75) is 42.3 Å². The van der Waals surface area contributed by atoms with Crippen LogP contribution in [0.15, 0.2) is 51.4 Å². The van der Waals surface area contributed by atoms with E-state index in [0.717, 1.165) is 28.9 Å². The first-order valence-electron chi connectivity index (χ1n) is 8.06. The minimum absolute atomic E-state index is 0.248. The molecule has 2 N–H and O–H groups in total. The van der Waals surface area contributed by atoms with Gasteiger partial charge in [0.05, 0.1) is 17.5 Å².